The number of rotatable bonds is 2. The second-order valence-electron chi connectivity index (χ2n) is 4.74. The fourth-order valence-corrected chi connectivity index (χ4v) is 1.83. The molecule has 1 aliphatic heterocycles. The molecule has 0 N–H and O–H groups in total. The van der Waals surface area contributed by atoms with Gasteiger partial charge in [-0.15, -0.1) is 0 Å². The Bertz CT molecular complexity index is 434. The largest absolute Gasteiger partial charge is 0.362 e. The lowest BCUT2D eigenvalue weighted by Gasteiger charge is -2.01. The van der Waals surface area contributed by atoms with Crippen LogP contribution in [0.5, 0.6) is 0 Å². The zero-order chi connectivity index (χ0) is 11.6. The van der Waals surface area contributed by atoms with E-state index in [-0.39, 0.29) is 11.7 Å². The molecular formula is C15H18O. The van der Waals surface area contributed by atoms with Crippen molar-refractivity contribution in [2.24, 2.45) is 0 Å². The summed E-state index contributed by atoms with van der Waals surface area (Å²) in [5, 5.41) is 0. The predicted molar refractivity (Wildman–Crippen MR) is 66.1 cm³/mol. The monoisotopic (exact) mass is 214 g/mol. The lowest BCUT2D eigenvalue weighted by molar-refractivity contribution is 0.325. The summed E-state index contributed by atoms with van der Waals surface area (Å²) in [5.74, 6) is 6.44. The Morgan fingerprint density at radius 2 is 2.00 bits per heavy atom. The van der Waals surface area contributed by atoms with Gasteiger partial charge in [-0.2, -0.15) is 0 Å². The quantitative estimate of drug-likeness (QED) is 0.540. The van der Waals surface area contributed by atoms with Crippen molar-refractivity contribution in [2.75, 3.05) is 0 Å². The van der Waals surface area contributed by atoms with E-state index < -0.39 is 0 Å². The second-order valence-corrected chi connectivity index (χ2v) is 4.74. The Kier molecular flexibility index (Phi) is 3.03. The smallest absolute Gasteiger partial charge is 0.113 e. The molecule has 1 unspecified atom stereocenters. The molecule has 0 radical (unpaired) electrons. The van der Waals surface area contributed by atoms with E-state index in [2.05, 4.69) is 50.8 Å². The van der Waals surface area contributed by atoms with E-state index in [1.54, 1.807) is 0 Å². The van der Waals surface area contributed by atoms with Crippen LogP contribution in [0.15, 0.2) is 24.3 Å². The molecule has 1 aromatic carbocycles. The van der Waals surface area contributed by atoms with Gasteiger partial charge in [-0.1, -0.05) is 37.0 Å². The Morgan fingerprint density at radius 3 is 2.62 bits per heavy atom. The van der Waals surface area contributed by atoms with Gasteiger partial charge < -0.3 is 4.74 Å². The highest BCUT2D eigenvalue weighted by Crippen LogP contribution is 2.49. The van der Waals surface area contributed by atoms with E-state index in [4.69, 9.17) is 4.74 Å². The van der Waals surface area contributed by atoms with Crippen LogP contribution >= 0.6 is 0 Å². The molecule has 0 amide bonds. The summed E-state index contributed by atoms with van der Waals surface area (Å²) in [4.78, 5) is 0. The van der Waals surface area contributed by atoms with Gasteiger partial charge in [0.25, 0.3) is 0 Å². The second kappa shape index (κ2) is 4.31. The average molecular weight is 214 g/mol. The maximum Gasteiger partial charge on any atom is 0.113 e. The molecule has 16 heavy (non-hydrogen) atoms. The summed E-state index contributed by atoms with van der Waals surface area (Å²) in [6.45, 7) is 6.38. The number of unbranched alkanes of at least 4 members (excludes halogenated alkanes) is 1. The van der Waals surface area contributed by atoms with E-state index in [0.717, 1.165) is 18.4 Å². The topological polar surface area (TPSA) is 12.5 Å². The molecule has 0 spiro atoms. The van der Waals surface area contributed by atoms with Gasteiger partial charge in [0.15, 0.2) is 0 Å². The zero-order valence-corrected chi connectivity index (χ0v) is 10.2. The van der Waals surface area contributed by atoms with Crippen molar-refractivity contribution < 1.29 is 4.74 Å². The predicted octanol–water partition coefficient (Wildman–Crippen LogP) is 3.69. The van der Waals surface area contributed by atoms with Crippen molar-refractivity contribution in [3.8, 4) is 11.8 Å². The van der Waals surface area contributed by atoms with Crippen molar-refractivity contribution in [2.45, 2.75) is 45.3 Å². The van der Waals surface area contributed by atoms with Gasteiger partial charge in [0.05, 0.1) is 5.60 Å². The third kappa shape index (κ3) is 2.28. The van der Waals surface area contributed by atoms with E-state index in [1.165, 1.54) is 5.56 Å². The maximum absolute atomic E-state index is 5.67. The molecule has 84 valence electrons. The summed E-state index contributed by atoms with van der Waals surface area (Å²) in [6.07, 6.45) is 2.30. The Hall–Kier alpha value is -1.26. The number of benzene rings is 1. The van der Waals surface area contributed by atoms with E-state index in [1.807, 2.05) is 6.07 Å². The molecule has 1 heteroatoms. The molecular weight excluding hydrogens is 196 g/mol. The lowest BCUT2D eigenvalue weighted by Crippen LogP contribution is -1.99. The van der Waals surface area contributed by atoms with Crippen molar-refractivity contribution in [3.05, 3.63) is 35.4 Å². The molecule has 2 rings (SSSR count). The molecule has 0 bridgehead atoms. The molecule has 1 nitrogen and oxygen atoms in total. The van der Waals surface area contributed by atoms with Crippen molar-refractivity contribution in [3.63, 3.8) is 0 Å². The van der Waals surface area contributed by atoms with Crippen molar-refractivity contribution in [1.82, 2.24) is 0 Å². The number of hydrogen-bond acceptors (Lipinski definition) is 1. The van der Waals surface area contributed by atoms with E-state index in [0.29, 0.717) is 0 Å². The van der Waals surface area contributed by atoms with Crippen LogP contribution in [0.1, 0.15) is 50.8 Å². The van der Waals surface area contributed by atoms with Gasteiger partial charge in [0.1, 0.15) is 6.10 Å². The van der Waals surface area contributed by atoms with Gasteiger partial charge in [-0.05, 0) is 31.9 Å². The lowest BCUT2D eigenvalue weighted by atomic mass is 9.98. The third-order valence-corrected chi connectivity index (χ3v) is 2.84. The fourth-order valence-electron chi connectivity index (χ4n) is 1.83. The van der Waals surface area contributed by atoms with Crippen LogP contribution in [0, 0.1) is 11.8 Å². The molecule has 0 saturated carbocycles. The Labute approximate surface area is 97.8 Å². The normalized spacial score (nSPS) is 21.1. The minimum Gasteiger partial charge on any atom is -0.362 e. The third-order valence-electron chi connectivity index (χ3n) is 2.84. The fraction of sp³-hybridized carbons (Fsp3) is 0.467. The van der Waals surface area contributed by atoms with Crippen LogP contribution in [-0.2, 0) is 4.74 Å². The standard InChI is InChI=1S/C15H18O/c1-4-5-6-9-12-10-7-8-11-13(12)14-15(2,3)16-14/h7-8,10-11,14H,4-5H2,1-3H3. The highest BCUT2D eigenvalue weighted by Gasteiger charge is 2.49. The van der Waals surface area contributed by atoms with Crippen LogP contribution in [-0.4, -0.2) is 5.60 Å². The summed E-state index contributed by atoms with van der Waals surface area (Å²) in [5.41, 5.74) is 2.34. The first-order chi connectivity index (χ1) is 7.65. The molecule has 0 aliphatic carbocycles. The average Bonchev–Trinajstić information content (AvgIpc) is 2.89. The van der Waals surface area contributed by atoms with Crippen molar-refractivity contribution >= 4 is 0 Å². The van der Waals surface area contributed by atoms with Gasteiger partial charge >= 0.3 is 0 Å². The number of epoxide rings is 1. The molecule has 1 heterocycles. The minimum atomic E-state index is -0.0114. The van der Waals surface area contributed by atoms with E-state index >= 15 is 0 Å². The van der Waals surface area contributed by atoms with Gasteiger partial charge in [-0.3, -0.25) is 0 Å². The SMILES string of the molecule is CCCC#Cc1ccccc1C1OC1(C)C. The number of ether oxygens (including phenoxy) is 1. The summed E-state index contributed by atoms with van der Waals surface area (Å²) < 4.78 is 5.67. The molecule has 1 fully saturated rings. The Balaban J connectivity index is 2.23. The highest BCUT2D eigenvalue weighted by atomic mass is 16.6. The van der Waals surface area contributed by atoms with Gasteiger partial charge in [-0.25, -0.2) is 0 Å². The van der Waals surface area contributed by atoms with Crippen LogP contribution in [0.25, 0.3) is 0 Å². The summed E-state index contributed by atoms with van der Waals surface area (Å²) in [7, 11) is 0. The Morgan fingerprint density at radius 1 is 1.31 bits per heavy atom. The molecule has 1 atom stereocenters. The molecule has 1 saturated heterocycles. The van der Waals surface area contributed by atoms with Crippen LogP contribution in [0.2, 0.25) is 0 Å². The minimum absolute atomic E-state index is 0.0114. The highest BCUT2D eigenvalue weighted by molar-refractivity contribution is 5.44. The first-order valence-electron chi connectivity index (χ1n) is 5.91. The van der Waals surface area contributed by atoms with Gasteiger partial charge in [0, 0.05) is 12.0 Å². The van der Waals surface area contributed by atoms with Gasteiger partial charge in [0.2, 0.25) is 0 Å². The molecule has 1 aliphatic rings. The zero-order valence-electron chi connectivity index (χ0n) is 10.2. The first kappa shape index (κ1) is 11.2. The van der Waals surface area contributed by atoms with E-state index in [9.17, 15) is 0 Å². The van der Waals surface area contributed by atoms with Crippen LogP contribution in [0.3, 0.4) is 0 Å². The molecule has 0 aromatic heterocycles. The maximum atomic E-state index is 5.67. The van der Waals surface area contributed by atoms with Crippen LogP contribution in [0.4, 0.5) is 0 Å². The van der Waals surface area contributed by atoms with Crippen LogP contribution < -0.4 is 0 Å². The summed E-state index contributed by atoms with van der Waals surface area (Å²) in [6, 6.07) is 8.29. The summed E-state index contributed by atoms with van der Waals surface area (Å²) >= 11 is 0. The molecule has 1 aromatic rings. The number of hydrogen-bond donors (Lipinski definition) is 0. The first-order valence-corrected chi connectivity index (χ1v) is 5.91. The van der Waals surface area contributed by atoms with Crippen molar-refractivity contribution in [1.29, 1.82) is 0 Å².